The monoisotopic (exact) mass is 270 g/mol. The Bertz CT molecular complexity index is 578. The van der Waals surface area contributed by atoms with Crippen molar-refractivity contribution in [1.82, 2.24) is 5.32 Å². The zero-order valence-electron chi connectivity index (χ0n) is 9.39. The molecule has 0 fully saturated rings. The highest BCUT2D eigenvalue weighted by Gasteiger charge is 2.22. The van der Waals surface area contributed by atoms with Gasteiger partial charge in [-0.05, 0) is 12.1 Å². The number of hydrogen-bond donors (Lipinski definition) is 1. The zero-order chi connectivity index (χ0) is 13.6. The van der Waals surface area contributed by atoms with Crippen LogP contribution in [-0.2, 0) is 14.6 Å². The van der Waals surface area contributed by atoms with Crippen LogP contribution in [0, 0.1) is 17.1 Å². The van der Waals surface area contributed by atoms with Gasteiger partial charge in [0.1, 0.15) is 16.5 Å². The van der Waals surface area contributed by atoms with Gasteiger partial charge >= 0.3 is 0 Å². The van der Waals surface area contributed by atoms with Gasteiger partial charge in [-0.2, -0.15) is 5.26 Å². The van der Waals surface area contributed by atoms with Crippen molar-refractivity contribution >= 4 is 15.7 Å². The van der Waals surface area contributed by atoms with Gasteiger partial charge in [-0.3, -0.25) is 4.79 Å². The van der Waals surface area contributed by atoms with Crippen LogP contribution in [0.2, 0.25) is 0 Å². The van der Waals surface area contributed by atoms with E-state index in [9.17, 15) is 17.6 Å². The van der Waals surface area contributed by atoms with Crippen molar-refractivity contribution in [2.24, 2.45) is 0 Å². The first-order valence-corrected chi connectivity index (χ1v) is 6.73. The zero-order valence-corrected chi connectivity index (χ0v) is 10.2. The van der Waals surface area contributed by atoms with E-state index >= 15 is 0 Å². The molecular weight excluding hydrogens is 259 g/mol. The first-order valence-electron chi connectivity index (χ1n) is 5.08. The molecule has 0 saturated carbocycles. The largest absolute Gasteiger partial charge is 0.354 e. The molecular formula is C11H11FN2O3S. The van der Waals surface area contributed by atoms with Crippen molar-refractivity contribution in [2.45, 2.75) is 11.3 Å². The Morgan fingerprint density at radius 1 is 1.39 bits per heavy atom. The topological polar surface area (TPSA) is 87.0 Å². The molecule has 96 valence electrons. The maximum absolute atomic E-state index is 13.3. The number of nitriles is 1. The molecule has 0 bridgehead atoms. The Morgan fingerprint density at radius 2 is 2.06 bits per heavy atom. The Kier molecular flexibility index (Phi) is 4.80. The summed E-state index contributed by atoms with van der Waals surface area (Å²) in [6.45, 7) is 0.0716. The maximum Gasteiger partial charge on any atom is 0.235 e. The van der Waals surface area contributed by atoms with E-state index in [0.29, 0.717) is 0 Å². The van der Waals surface area contributed by atoms with Crippen molar-refractivity contribution < 1.29 is 17.6 Å². The third kappa shape index (κ3) is 3.82. The molecule has 0 unspecified atom stereocenters. The lowest BCUT2D eigenvalue weighted by molar-refractivity contribution is -0.118. The number of hydrogen-bond acceptors (Lipinski definition) is 4. The number of halogens is 1. The normalized spacial score (nSPS) is 10.7. The minimum atomic E-state index is -4.00. The molecule has 1 aromatic carbocycles. The number of sulfone groups is 1. The molecule has 0 heterocycles. The number of rotatable bonds is 5. The number of nitrogens with one attached hydrogen (secondary N) is 1. The van der Waals surface area contributed by atoms with Crippen LogP contribution in [0.4, 0.5) is 4.39 Å². The second-order valence-corrected chi connectivity index (χ2v) is 5.41. The molecule has 0 atom stereocenters. The minimum Gasteiger partial charge on any atom is -0.354 e. The summed E-state index contributed by atoms with van der Waals surface area (Å²) >= 11 is 0. The maximum atomic E-state index is 13.3. The summed E-state index contributed by atoms with van der Waals surface area (Å²) in [7, 11) is -4.00. The van der Waals surface area contributed by atoms with Gasteiger partial charge in [0.25, 0.3) is 0 Å². The number of carbonyl (C=O) groups excluding carboxylic acids is 1. The second-order valence-electron chi connectivity index (χ2n) is 3.45. The molecule has 0 aromatic heterocycles. The first kappa shape index (κ1) is 14.1. The van der Waals surface area contributed by atoms with E-state index in [2.05, 4.69) is 5.32 Å². The molecule has 1 amide bonds. The summed E-state index contributed by atoms with van der Waals surface area (Å²) in [5, 5.41) is 10.5. The van der Waals surface area contributed by atoms with E-state index < -0.39 is 32.2 Å². The van der Waals surface area contributed by atoms with Gasteiger partial charge in [-0.15, -0.1) is 0 Å². The fourth-order valence-corrected chi connectivity index (χ4v) is 2.51. The van der Waals surface area contributed by atoms with Gasteiger partial charge in [-0.1, -0.05) is 12.1 Å². The highest BCUT2D eigenvalue weighted by atomic mass is 32.2. The van der Waals surface area contributed by atoms with E-state index in [-0.39, 0.29) is 13.0 Å². The van der Waals surface area contributed by atoms with Crippen LogP contribution in [-0.4, -0.2) is 26.6 Å². The van der Waals surface area contributed by atoms with Crippen LogP contribution in [0.3, 0.4) is 0 Å². The van der Waals surface area contributed by atoms with Crippen LogP contribution in [0.25, 0.3) is 0 Å². The average Bonchev–Trinajstić information content (AvgIpc) is 2.29. The van der Waals surface area contributed by atoms with Crippen LogP contribution < -0.4 is 5.32 Å². The van der Waals surface area contributed by atoms with Crippen molar-refractivity contribution in [3.05, 3.63) is 30.1 Å². The third-order valence-electron chi connectivity index (χ3n) is 2.05. The predicted molar refractivity (Wildman–Crippen MR) is 61.7 cm³/mol. The van der Waals surface area contributed by atoms with Crippen LogP contribution in [0.15, 0.2) is 29.2 Å². The number of carbonyl (C=O) groups is 1. The smallest absolute Gasteiger partial charge is 0.235 e. The molecule has 1 aromatic rings. The molecule has 1 N–H and O–H groups in total. The van der Waals surface area contributed by atoms with Gasteiger partial charge in [0.2, 0.25) is 5.91 Å². The standard InChI is InChI=1S/C11H11FN2O3S/c12-9-4-1-2-5-10(9)18(16,17)8-11(15)14-7-3-6-13/h1-2,4-5H,3,7-8H2,(H,14,15). The molecule has 7 heteroatoms. The molecule has 18 heavy (non-hydrogen) atoms. The molecule has 1 rings (SSSR count). The lowest BCUT2D eigenvalue weighted by Gasteiger charge is -2.05. The van der Waals surface area contributed by atoms with Crippen molar-refractivity contribution in [1.29, 1.82) is 5.26 Å². The summed E-state index contributed by atoms with van der Waals surface area (Å²) in [4.78, 5) is 10.8. The Labute approximate surface area is 104 Å². The second kappa shape index (κ2) is 6.12. The fraction of sp³-hybridized carbons (Fsp3) is 0.273. The summed E-state index contributed by atoms with van der Waals surface area (Å²) in [5.41, 5.74) is 0. The van der Waals surface area contributed by atoms with E-state index in [4.69, 9.17) is 5.26 Å². The molecule has 0 aliphatic carbocycles. The molecule has 0 aliphatic heterocycles. The van der Waals surface area contributed by atoms with E-state index in [1.807, 2.05) is 0 Å². The highest BCUT2D eigenvalue weighted by molar-refractivity contribution is 7.92. The Balaban J connectivity index is 2.75. The summed E-state index contributed by atoms with van der Waals surface area (Å²) in [6, 6.07) is 6.66. The summed E-state index contributed by atoms with van der Waals surface area (Å²) < 4.78 is 36.7. The number of nitrogens with zero attached hydrogens (tertiary/aromatic N) is 1. The van der Waals surface area contributed by atoms with Gasteiger partial charge in [-0.25, -0.2) is 12.8 Å². The third-order valence-corrected chi connectivity index (χ3v) is 3.70. The quantitative estimate of drug-likeness (QED) is 0.795. The first-order chi connectivity index (χ1) is 8.47. The van der Waals surface area contributed by atoms with Crippen molar-refractivity contribution in [2.75, 3.05) is 12.3 Å². The SMILES string of the molecule is N#CCCNC(=O)CS(=O)(=O)c1ccccc1F. The van der Waals surface area contributed by atoms with Crippen LogP contribution in [0.5, 0.6) is 0 Å². The average molecular weight is 270 g/mol. The number of benzene rings is 1. The Hall–Kier alpha value is -1.94. The van der Waals surface area contributed by atoms with E-state index in [1.165, 1.54) is 12.1 Å². The highest BCUT2D eigenvalue weighted by Crippen LogP contribution is 2.14. The fourth-order valence-electron chi connectivity index (χ4n) is 1.26. The number of amides is 1. The lowest BCUT2D eigenvalue weighted by atomic mass is 10.3. The van der Waals surface area contributed by atoms with E-state index in [1.54, 1.807) is 6.07 Å². The molecule has 0 radical (unpaired) electrons. The van der Waals surface area contributed by atoms with Crippen LogP contribution >= 0.6 is 0 Å². The van der Waals surface area contributed by atoms with Gasteiger partial charge in [0.05, 0.1) is 12.5 Å². The Morgan fingerprint density at radius 3 is 2.67 bits per heavy atom. The van der Waals surface area contributed by atoms with Crippen molar-refractivity contribution in [3.8, 4) is 6.07 Å². The molecule has 5 nitrogen and oxygen atoms in total. The minimum absolute atomic E-state index is 0.0716. The van der Waals surface area contributed by atoms with Crippen LogP contribution in [0.1, 0.15) is 6.42 Å². The molecule has 0 aliphatic rings. The van der Waals surface area contributed by atoms with Crippen molar-refractivity contribution in [3.63, 3.8) is 0 Å². The molecule has 0 spiro atoms. The summed E-state index contributed by atoms with van der Waals surface area (Å²) in [6.07, 6.45) is 0.0888. The predicted octanol–water partition coefficient (Wildman–Crippen LogP) is 0.629. The summed E-state index contributed by atoms with van der Waals surface area (Å²) in [5.74, 6) is -2.48. The van der Waals surface area contributed by atoms with Gasteiger partial charge in [0.15, 0.2) is 9.84 Å². The molecule has 0 saturated heterocycles. The van der Waals surface area contributed by atoms with Gasteiger partial charge < -0.3 is 5.32 Å². The lowest BCUT2D eigenvalue weighted by Crippen LogP contribution is -2.31. The van der Waals surface area contributed by atoms with E-state index in [0.717, 1.165) is 12.1 Å². The van der Waals surface area contributed by atoms with Gasteiger partial charge in [0, 0.05) is 6.54 Å².